The zero-order chi connectivity index (χ0) is 14.5. The summed E-state index contributed by atoms with van der Waals surface area (Å²) in [5.41, 5.74) is 0.792. The highest BCUT2D eigenvalue weighted by Gasteiger charge is 2.14. The molecule has 0 bridgehead atoms. The highest BCUT2D eigenvalue weighted by molar-refractivity contribution is 5.19. The minimum atomic E-state index is -0.475. The maximum atomic E-state index is 13.1. The Morgan fingerprint density at radius 1 is 1.35 bits per heavy atom. The average Bonchev–Trinajstić information content (AvgIpc) is 2.75. The molecule has 1 aromatic heterocycles. The third-order valence-electron chi connectivity index (χ3n) is 2.92. The molecule has 1 atom stereocenters. The Morgan fingerprint density at radius 2 is 2.15 bits per heavy atom. The summed E-state index contributed by atoms with van der Waals surface area (Å²) in [7, 11) is 0. The maximum Gasteiger partial charge on any atom is 0.229 e. The molecule has 1 aromatic carbocycles. The predicted molar refractivity (Wildman–Crippen MR) is 72.7 cm³/mol. The first-order valence-electron chi connectivity index (χ1n) is 6.77. The van der Waals surface area contributed by atoms with Crippen molar-refractivity contribution in [3.05, 3.63) is 47.4 Å². The van der Waals surface area contributed by atoms with Crippen LogP contribution >= 0.6 is 0 Å². The van der Waals surface area contributed by atoms with E-state index >= 15 is 0 Å². The number of hydrogen-bond acceptors (Lipinski definition) is 4. The third kappa shape index (κ3) is 4.42. The van der Waals surface area contributed by atoms with Crippen LogP contribution in [0.4, 0.5) is 4.39 Å². The first-order chi connectivity index (χ1) is 9.52. The van der Waals surface area contributed by atoms with Gasteiger partial charge in [0.1, 0.15) is 5.82 Å². The molecule has 0 saturated carbocycles. The fourth-order valence-electron chi connectivity index (χ4n) is 2.10. The van der Waals surface area contributed by atoms with E-state index in [-0.39, 0.29) is 5.82 Å². The Bertz CT molecular complexity index is 554. The monoisotopic (exact) mass is 278 g/mol. The van der Waals surface area contributed by atoms with E-state index in [9.17, 15) is 9.50 Å². The number of hydrogen-bond donors (Lipinski definition) is 1. The van der Waals surface area contributed by atoms with Gasteiger partial charge in [-0.2, -0.15) is 4.98 Å². The van der Waals surface area contributed by atoms with Crippen LogP contribution in [0.25, 0.3) is 0 Å². The van der Waals surface area contributed by atoms with Crippen molar-refractivity contribution in [2.24, 2.45) is 5.92 Å². The van der Waals surface area contributed by atoms with Crippen LogP contribution < -0.4 is 0 Å². The van der Waals surface area contributed by atoms with Crippen LogP contribution in [0.2, 0.25) is 0 Å². The van der Waals surface area contributed by atoms with Crippen molar-refractivity contribution in [1.29, 1.82) is 0 Å². The minimum Gasteiger partial charge on any atom is -0.393 e. The second kappa shape index (κ2) is 6.61. The van der Waals surface area contributed by atoms with Crippen LogP contribution in [0.3, 0.4) is 0 Å². The quantitative estimate of drug-likeness (QED) is 0.882. The first-order valence-corrected chi connectivity index (χ1v) is 6.77. The molecule has 0 fully saturated rings. The summed E-state index contributed by atoms with van der Waals surface area (Å²) in [5, 5.41) is 13.7. The fourth-order valence-corrected chi connectivity index (χ4v) is 2.10. The number of rotatable bonds is 6. The molecule has 4 nitrogen and oxygen atoms in total. The Hall–Kier alpha value is -1.75. The van der Waals surface area contributed by atoms with Gasteiger partial charge in [-0.25, -0.2) is 4.39 Å². The van der Waals surface area contributed by atoms with Crippen molar-refractivity contribution < 1.29 is 14.0 Å². The molecule has 0 spiro atoms. The van der Waals surface area contributed by atoms with Gasteiger partial charge < -0.3 is 9.63 Å². The van der Waals surface area contributed by atoms with Crippen LogP contribution in [0, 0.1) is 11.7 Å². The topological polar surface area (TPSA) is 59.2 Å². The van der Waals surface area contributed by atoms with Gasteiger partial charge in [0.05, 0.1) is 12.5 Å². The Morgan fingerprint density at radius 3 is 2.85 bits per heavy atom. The number of aliphatic hydroxyl groups excluding tert-OH is 1. The smallest absolute Gasteiger partial charge is 0.229 e. The molecule has 0 aliphatic carbocycles. The van der Waals surface area contributed by atoms with Crippen LogP contribution in [-0.2, 0) is 12.8 Å². The largest absolute Gasteiger partial charge is 0.393 e. The van der Waals surface area contributed by atoms with Gasteiger partial charge >= 0.3 is 0 Å². The van der Waals surface area contributed by atoms with Crippen molar-refractivity contribution in [1.82, 2.24) is 10.1 Å². The molecule has 5 heteroatoms. The van der Waals surface area contributed by atoms with Crippen LogP contribution in [0.15, 0.2) is 28.8 Å². The third-order valence-corrected chi connectivity index (χ3v) is 2.92. The lowest BCUT2D eigenvalue weighted by molar-refractivity contribution is 0.138. The first kappa shape index (κ1) is 14.7. The van der Waals surface area contributed by atoms with Crippen molar-refractivity contribution in [2.45, 2.75) is 39.2 Å². The average molecular weight is 278 g/mol. The van der Waals surface area contributed by atoms with E-state index in [1.54, 1.807) is 6.07 Å². The summed E-state index contributed by atoms with van der Waals surface area (Å²) in [6.45, 7) is 4.10. The van der Waals surface area contributed by atoms with Gasteiger partial charge in [0.2, 0.25) is 5.89 Å². The maximum absolute atomic E-state index is 13.1. The molecule has 2 aromatic rings. The minimum absolute atomic E-state index is 0.279. The molecule has 1 N–H and O–H groups in total. The lowest BCUT2D eigenvalue weighted by atomic mass is 10.0. The van der Waals surface area contributed by atoms with E-state index in [1.807, 2.05) is 19.9 Å². The molecular weight excluding hydrogens is 259 g/mol. The van der Waals surface area contributed by atoms with E-state index in [4.69, 9.17) is 4.52 Å². The van der Waals surface area contributed by atoms with E-state index < -0.39 is 6.10 Å². The summed E-state index contributed by atoms with van der Waals surface area (Å²) in [6.07, 6.45) is 0.995. The van der Waals surface area contributed by atoms with Gasteiger partial charge in [-0.3, -0.25) is 0 Å². The predicted octanol–water partition coefficient (Wildman–Crippen LogP) is 2.75. The van der Waals surface area contributed by atoms with Gasteiger partial charge in [0, 0.05) is 6.42 Å². The Labute approximate surface area is 117 Å². The number of nitrogens with zero attached hydrogens (tertiary/aromatic N) is 2. The molecule has 0 aliphatic rings. The van der Waals surface area contributed by atoms with Crippen LogP contribution in [-0.4, -0.2) is 21.4 Å². The van der Waals surface area contributed by atoms with E-state index in [0.29, 0.717) is 36.9 Å². The number of aliphatic hydroxyl groups is 1. The molecule has 2 rings (SSSR count). The highest BCUT2D eigenvalue weighted by Crippen LogP contribution is 2.12. The van der Waals surface area contributed by atoms with Gasteiger partial charge in [-0.1, -0.05) is 31.1 Å². The molecule has 108 valence electrons. The Kier molecular flexibility index (Phi) is 4.84. The van der Waals surface area contributed by atoms with Gasteiger partial charge in [-0.05, 0) is 30.0 Å². The molecule has 0 radical (unpaired) electrons. The fraction of sp³-hybridized carbons (Fsp3) is 0.467. The second-order valence-electron chi connectivity index (χ2n) is 5.40. The Balaban J connectivity index is 1.95. The summed E-state index contributed by atoms with van der Waals surface area (Å²) in [6, 6.07) is 6.31. The van der Waals surface area contributed by atoms with Crippen molar-refractivity contribution >= 4 is 0 Å². The summed E-state index contributed by atoms with van der Waals surface area (Å²) in [5.74, 6) is 1.06. The van der Waals surface area contributed by atoms with Gasteiger partial charge in [0.15, 0.2) is 5.82 Å². The summed E-state index contributed by atoms with van der Waals surface area (Å²) < 4.78 is 18.2. The molecule has 1 unspecified atom stereocenters. The molecular formula is C15H19FN2O2. The van der Waals surface area contributed by atoms with Crippen molar-refractivity contribution in [2.75, 3.05) is 0 Å². The lowest BCUT2D eigenvalue weighted by Crippen LogP contribution is -2.13. The van der Waals surface area contributed by atoms with Crippen molar-refractivity contribution in [3.8, 4) is 0 Å². The normalized spacial score (nSPS) is 12.8. The van der Waals surface area contributed by atoms with Gasteiger partial charge in [-0.15, -0.1) is 0 Å². The summed E-state index contributed by atoms with van der Waals surface area (Å²) >= 11 is 0. The van der Waals surface area contributed by atoms with Gasteiger partial charge in [0.25, 0.3) is 0 Å². The molecule has 0 aliphatic heterocycles. The lowest BCUT2D eigenvalue weighted by Gasteiger charge is -2.09. The molecule has 0 saturated heterocycles. The number of aromatic nitrogens is 2. The second-order valence-corrected chi connectivity index (χ2v) is 5.40. The molecule has 1 heterocycles. The summed E-state index contributed by atoms with van der Waals surface area (Å²) in [4.78, 5) is 4.22. The zero-order valence-corrected chi connectivity index (χ0v) is 11.7. The number of halogens is 1. The van der Waals surface area contributed by atoms with Crippen molar-refractivity contribution in [3.63, 3.8) is 0 Å². The van der Waals surface area contributed by atoms with E-state index in [0.717, 1.165) is 5.56 Å². The number of benzene rings is 1. The molecule has 20 heavy (non-hydrogen) atoms. The van der Waals surface area contributed by atoms with E-state index in [2.05, 4.69) is 10.1 Å². The van der Waals surface area contributed by atoms with E-state index in [1.165, 1.54) is 12.1 Å². The highest BCUT2D eigenvalue weighted by atomic mass is 19.1. The zero-order valence-electron chi connectivity index (χ0n) is 11.7. The standard InChI is InChI=1S/C15H19FN2O2/c1-10(2)6-13(19)9-15-17-14(18-20-15)8-11-4-3-5-12(16)7-11/h3-5,7,10,13,19H,6,8-9H2,1-2H3. The van der Waals surface area contributed by atoms with Crippen LogP contribution in [0.1, 0.15) is 37.5 Å². The SMILES string of the molecule is CC(C)CC(O)Cc1nc(Cc2cccc(F)c2)no1. The van der Waals surface area contributed by atoms with Crippen LogP contribution in [0.5, 0.6) is 0 Å². The molecule has 0 amide bonds.